The lowest BCUT2D eigenvalue weighted by atomic mass is 10.2. The predicted octanol–water partition coefficient (Wildman–Crippen LogP) is 2.59. The van der Waals surface area contributed by atoms with E-state index < -0.39 is 4.92 Å². The molecule has 0 unspecified atom stereocenters. The van der Waals surface area contributed by atoms with Gasteiger partial charge in [0.05, 0.1) is 4.92 Å². The van der Waals surface area contributed by atoms with E-state index in [-0.39, 0.29) is 17.3 Å². The van der Waals surface area contributed by atoms with Crippen molar-refractivity contribution in [3.8, 4) is 0 Å². The standard InChI is InChI=1S/C16H17Cl2N5O3/c1-20-15(14(9-19-20)23(25)26)16(24)22-6-4-21(5-7-22)10-11-2-3-12(17)8-13(11)18/h2-3,8-9H,4-7,10H2,1H3. The van der Waals surface area contributed by atoms with Crippen LogP contribution in [0.5, 0.6) is 0 Å². The fourth-order valence-electron chi connectivity index (χ4n) is 2.96. The lowest BCUT2D eigenvalue weighted by molar-refractivity contribution is -0.385. The van der Waals surface area contributed by atoms with Crippen molar-refractivity contribution in [3.63, 3.8) is 0 Å². The van der Waals surface area contributed by atoms with E-state index in [2.05, 4.69) is 10.00 Å². The number of nitrogens with zero attached hydrogens (tertiary/aromatic N) is 5. The Morgan fingerprint density at radius 1 is 1.27 bits per heavy atom. The fraction of sp³-hybridized carbons (Fsp3) is 0.375. The van der Waals surface area contributed by atoms with Crippen molar-refractivity contribution in [1.29, 1.82) is 0 Å². The number of piperazine rings is 1. The van der Waals surface area contributed by atoms with Gasteiger partial charge < -0.3 is 4.90 Å². The van der Waals surface area contributed by atoms with Gasteiger partial charge in [-0.25, -0.2) is 0 Å². The lowest BCUT2D eigenvalue weighted by Crippen LogP contribution is -2.48. The van der Waals surface area contributed by atoms with Gasteiger partial charge in [0.15, 0.2) is 0 Å². The summed E-state index contributed by atoms with van der Waals surface area (Å²) < 4.78 is 1.25. The van der Waals surface area contributed by atoms with Crippen molar-refractivity contribution in [1.82, 2.24) is 19.6 Å². The Balaban J connectivity index is 1.64. The summed E-state index contributed by atoms with van der Waals surface area (Å²) in [4.78, 5) is 27.0. The molecule has 26 heavy (non-hydrogen) atoms. The minimum Gasteiger partial charge on any atom is -0.335 e. The molecule has 0 N–H and O–H groups in total. The molecule has 138 valence electrons. The topological polar surface area (TPSA) is 84.5 Å². The molecule has 1 saturated heterocycles. The van der Waals surface area contributed by atoms with Crippen LogP contribution in [0.2, 0.25) is 10.0 Å². The average molecular weight is 398 g/mol. The quantitative estimate of drug-likeness (QED) is 0.584. The first-order valence-corrected chi connectivity index (χ1v) is 8.74. The smallest absolute Gasteiger partial charge is 0.320 e. The third kappa shape index (κ3) is 3.82. The van der Waals surface area contributed by atoms with Crippen molar-refractivity contribution in [2.75, 3.05) is 26.2 Å². The maximum atomic E-state index is 12.7. The lowest BCUT2D eigenvalue weighted by Gasteiger charge is -2.34. The number of carbonyl (C=O) groups excluding carboxylic acids is 1. The van der Waals surface area contributed by atoms with Gasteiger partial charge in [0.2, 0.25) is 5.69 Å². The molecule has 1 aliphatic rings. The molecule has 0 spiro atoms. The number of amides is 1. The van der Waals surface area contributed by atoms with Gasteiger partial charge in [-0.15, -0.1) is 0 Å². The SMILES string of the molecule is Cn1ncc([N+](=O)[O-])c1C(=O)N1CCN(Cc2ccc(Cl)cc2Cl)CC1. The Morgan fingerprint density at radius 2 is 1.96 bits per heavy atom. The number of nitro groups is 1. The molecule has 1 aliphatic heterocycles. The summed E-state index contributed by atoms with van der Waals surface area (Å²) in [6.07, 6.45) is 1.10. The zero-order chi connectivity index (χ0) is 18.8. The first-order chi connectivity index (χ1) is 12.4. The van der Waals surface area contributed by atoms with Gasteiger partial charge in [-0.05, 0) is 17.7 Å². The number of hydrogen-bond donors (Lipinski definition) is 0. The van der Waals surface area contributed by atoms with E-state index in [1.165, 1.54) is 11.7 Å². The van der Waals surface area contributed by atoms with Crippen molar-refractivity contribution in [3.05, 3.63) is 55.8 Å². The Bertz CT molecular complexity index is 846. The van der Waals surface area contributed by atoms with Gasteiger partial charge in [0.1, 0.15) is 6.20 Å². The van der Waals surface area contributed by atoms with Crippen LogP contribution in [0.3, 0.4) is 0 Å². The molecule has 0 aliphatic carbocycles. The summed E-state index contributed by atoms with van der Waals surface area (Å²) in [6.45, 7) is 2.91. The Hall–Kier alpha value is -2.16. The van der Waals surface area contributed by atoms with E-state index in [9.17, 15) is 14.9 Å². The van der Waals surface area contributed by atoms with Crippen LogP contribution in [-0.4, -0.2) is 56.6 Å². The van der Waals surface area contributed by atoms with E-state index in [1.54, 1.807) is 17.0 Å². The van der Waals surface area contributed by atoms with Gasteiger partial charge in [-0.2, -0.15) is 5.10 Å². The van der Waals surface area contributed by atoms with E-state index in [4.69, 9.17) is 23.2 Å². The van der Waals surface area contributed by atoms with E-state index >= 15 is 0 Å². The second kappa shape index (κ2) is 7.61. The summed E-state index contributed by atoms with van der Waals surface area (Å²) in [6, 6.07) is 5.39. The van der Waals surface area contributed by atoms with Gasteiger partial charge in [0, 0.05) is 49.8 Å². The largest absolute Gasteiger partial charge is 0.335 e. The predicted molar refractivity (Wildman–Crippen MR) is 97.5 cm³/mol. The maximum Gasteiger partial charge on any atom is 0.320 e. The number of carbonyl (C=O) groups is 1. The number of hydrogen-bond acceptors (Lipinski definition) is 5. The first kappa shape index (κ1) is 18.6. The van der Waals surface area contributed by atoms with Crippen LogP contribution in [-0.2, 0) is 13.6 Å². The maximum absolute atomic E-state index is 12.7. The molecule has 10 heteroatoms. The molecule has 0 atom stereocenters. The molecular weight excluding hydrogens is 381 g/mol. The molecule has 0 radical (unpaired) electrons. The van der Waals surface area contributed by atoms with Gasteiger partial charge in [0.25, 0.3) is 5.91 Å². The van der Waals surface area contributed by atoms with Crippen LogP contribution in [0.4, 0.5) is 5.69 Å². The van der Waals surface area contributed by atoms with Gasteiger partial charge >= 0.3 is 5.69 Å². The van der Waals surface area contributed by atoms with Gasteiger partial charge in [-0.1, -0.05) is 29.3 Å². The van der Waals surface area contributed by atoms with Crippen LogP contribution < -0.4 is 0 Å². The van der Waals surface area contributed by atoms with Crippen LogP contribution in [0, 0.1) is 10.1 Å². The van der Waals surface area contributed by atoms with Crippen molar-refractivity contribution < 1.29 is 9.72 Å². The number of rotatable bonds is 4. The van der Waals surface area contributed by atoms with E-state index in [1.807, 2.05) is 6.07 Å². The number of halogens is 2. The van der Waals surface area contributed by atoms with Crippen LogP contribution >= 0.6 is 23.2 Å². The molecule has 1 fully saturated rings. The monoisotopic (exact) mass is 397 g/mol. The number of aryl methyl sites for hydroxylation is 1. The summed E-state index contributed by atoms with van der Waals surface area (Å²) >= 11 is 12.1. The molecule has 8 nitrogen and oxygen atoms in total. The van der Waals surface area contributed by atoms with Crippen LogP contribution in [0.1, 0.15) is 16.1 Å². The van der Waals surface area contributed by atoms with Gasteiger partial charge in [-0.3, -0.25) is 24.5 Å². The summed E-state index contributed by atoms with van der Waals surface area (Å²) in [5.74, 6) is -0.374. The highest BCUT2D eigenvalue weighted by atomic mass is 35.5. The molecule has 3 rings (SSSR count). The molecule has 1 aromatic heterocycles. The molecule has 2 aromatic rings. The highest BCUT2D eigenvalue weighted by Gasteiger charge is 2.31. The van der Waals surface area contributed by atoms with E-state index in [0.717, 1.165) is 11.8 Å². The highest BCUT2D eigenvalue weighted by molar-refractivity contribution is 6.35. The number of aromatic nitrogens is 2. The summed E-state index contributed by atoms with van der Waals surface area (Å²) in [7, 11) is 1.53. The normalized spacial score (nSPS) is 15.3. The molecule has 2 heterocycles. The van der Waals surface area contributed by atoms with Crippen molar-refractivity contribution in [2.24, 2.45) is 7.05 Å². The zero-order valence-electron chi connectivity index (χ0n) is 14.1. The zero-order valence-corrected chi connectivity index (χ0v) is 15.6. The minimum absolute atomic E-state index is 0.00388. The molecule has 1 amide bonds. The number of benzene rings is 1. The summed E-state index contributed by atoms with van der Waals surface area (Å²) in [5.41, 5.74) is 0.704. The van der Waals surface area contributed by atoms with Crippen LogP contribution in [0.25, 0.3) is 0 Å². The molecule has 0 saturated carbocycles. The molecular formula is C16H17Cl2N5O3. The molecule has 1 aromatic carbocycles. The second-order valence-corrected chi connectivity index (χ2v) is 6.91. The third-order valence-electron chi connectivity index (χ3n) is 4.39. The van der Waals surface area contributed by atoms with Crippen LogP contribution in [0.15, 0.2) is 24.4 Å². The highest BCUT2D eigenvalue weighted by Crippen LogP contribution is 2.23. The minimum atomic E-state index is -0.584. The summed E-state index contributed by atoms with van der Waals surface area (Å²) in [5, 5.41) is 16.1. The van der Waals surface area contributed by atoms with Crippen molar-refractivity contribution in [2.45, 2.75) is 6.54 Å². The average Bonchev–Trinajstić information content (AvgIpc) is 2.99. The Morgan fingerprint density at radius 3 is 2.58 bits per heavy atom. The molecule has 0 bridgehead atoms. The second-order valence-electron chi connectivity index (χ2n) is 6.06. The Kier molecular flexibility index (Phi) is 5.45. The van der Waals surface area contributed by atoms with E-state index in [0.29, 0.717) is 42.8 Å². The van der Waals surface area contributed by atoms with Crippen molar-refractivity contribution >= 4 is 34.8 Å². The Labute approximate surface area is 160 Å². The third-order valence-corrected chi connectivity index (χ3v) is 4.97. The first-order valence-electron chi connectivity index (χ1n) is 7.98. The fourth-order valence-corrected chi connectivity index (χ4v) is 3.43.